The zero-order chi connectivity index (χ0) is 16.7. The normalized spacial score (nSPS) is 10.0. The first kappa shape index (κ1) is 16.5. The van der Waals surface area contributed by atoms with Crippen molar-refractivity contribution in [3.63, 3.8) is 0 Å². The third kappa shape index (κ3) is 4.85. The summed E-state index contributed by atoms with van der Waals surface area (Å²) in [5.74, 6) is 0.0481. The van der Waals surface area contributed by atoms with Crippen LogP contribution < -0.4 is 15.4 Å². The van der Waals surface area contributed by atoms with Crippen LogP contribution in [0.2, 0.25) is 0 Å². The van der Waals surface area contributed by atoms with Crippen LogP contribution in [0.25, 0.3) is 0 Å². The number of carbonyl (C=O) groups excluding carboxylic acids is 2. The van der Waals surface area contributed by atoms with Crippen LogP contribution >= 0.6 is 0 Å². The maximum Gasteiger partial charge on any atom is 0.255 e. The smallest absolute Gasteiger partial charge is 0.255 e. The molecular formula is C18H20N2O3. The number of anilines is 1. The molecular weight excluding hydrogens is 292 g/mol. The molecule has 0 saturated heterocycles. The molecule has 5 nitrogen and oxygen atoms in total. The monoisotopic (exact) mass is 312 g/mol. The number of methoxy groups -OCH3 is 1. The highest BCUT2D eigenvalue weighted by Gasteiger charge is 2.13. The highest BCUT2D eigenvalue weighted by Crippen LogP contribution is 2.22. The number of hydrogen-bond acceptors (Lipinski definition) is 3. The van der Waals surface area contributed by atoms with Gasteiger partial charge in [0.15, 0.2) is 0 Å². The standard InChI is InChI=1S/C18H20N2O3/c1-13(21)20-15-8-9-17(23-2)16(12-15)18(22)19-11-10-14-6-4-3-5-7-14/h3-9,12H,10-11H2,1-2H3,(H,19,22)(H,20,21). The summed E-state index contributed by atoms with van der Waals surface area (Å²) in [5.41, 5.74) is 2.12. The van der Waals surface area contributed by atoms with E-state index in [0.29, 0.717) is 23.5 Å². The second-order valence-corrected chi connectivity index (χ2v) is 5.09. The van der Waals surface area contributed by atoms with Crippen LogP contribution in [-0.2, 0) is 11.2 Å². The van der Waals surface area contributed by atoms with E-state index < -0.39 is 0 Å². The van der Waals surface area contributed by atoms with E-state index in [9.17, 15) is 9.59 Å². The number of benzene rings is 2. The fraction of sp³-hybridized carbons (Fsp3) is 0.222. The van der Waals surface area contributed by atoms with Gasteiger partial charge in [0.25, 0.3) is 5.91 Å². The van der Waals surface area contributed by atoms with Gasteiger partial charge in [-0.25, -0.2) is 0 Å². The molecule has 2 aromatic rings. The van der Waals surface area contributed by atoms with Crippen molar-refractivity contribution in [1.82, 2.24) is 5.32 Å². The molecule has 0 aliphatic rings. The number of nitrogens with one attached hydrogen (secondary N) is 2. The van der Waals surface area contributed by atoms with Crippen LogP contribution in [0.15, 0.2) is 48.5 Å². The third-order valence-corrected chi connectivity index (χ3v) is 3.31. The lowest BCUT2D eigenvalue weighted by Gasteiger charge is -2.11. The van der Waals surface area contributed by atoms with Gasteiger partial charge in [-0.1, -0.05) is 30.3 Å². The van der Waals surface area contributed by atoms with Gasteiger partial charge in [0.05, 0.1) is 12.7 Å². The maximum absolute atomic E-state index is 12.3. The summed E-state index contributed by atoms with van der Waals surface area (Å²) in [6.45, 7) is 1.94. The lowest BCUT2D eigenvalue weighted by atomic mass is 10.1. The summed E-state index contributed by atoms with van der Waals surface area (Å²) in [7, 11) is 1.51. The number of hydrogen-bond donors (Lipinski definition) is 2. The van der Waals surface area contributed by atoms with E-state index in [1.807, 2.05) is 30.3 Å². The van der Waals surface area contributed by atoms with Crippen LogP contribution in [0.1, 0.15) is 22.8 Å². The van der Waals surface area contributed by atoms with Gasteiger partial charge in [-0.3, -0.25) is 9.59 Å². The van der Waals surface area contributed by atoms with Gasteiger partial charge in [-0.2, -0.15) is 0 Å². The molecule has 0 atom stereocenters. The SMILES string of the molecule is COc1ccc(NC(C)=O)cc1C(=O)NCCc1ccccc1. The Morgan fingerprint density at radius 3 is 2.48 bits per heavy atom. The summed E-state index contributed by atoms with van der Waals surface area (Å²) in [6, 6.07) is 14.9. The molecule has 0 heterocycles. The molecule has 2 rings (SSSR count). The molecule has 0 spiro atoms. The van der Waals surface area contributed by atoms with Gasteiger partial charge < -0.3 is 15.4 Å². The van der Waals surface area contributed by atoms with Gasteiger partial charge in [-0.05, 0) is 30.2 Å². The molecule has 2 N–H and O–H groups in total. The van der Waals surface area contributed by atoms with Crippen LogP contribution in [-0.4, -0.2) is 25.5 Å². The molecule has 0 unspecified atom stereocenters. The zero-order valence-electron chi connectivity index (χ0n) is 13.3. The van der Waals surface area contributed by atoms with Crippen molar-refractivity contribution in [2.75, 3.05) is 19.0 Å². The van der Waals surface area contributed by atoms with Gasteiger partial charge in [0.1, 0.15) is 5.75 Å². The molecule has 120 valence electrons. The molecule has 0 aliphatic heterocycles. The summed E-state index contributed by atoms with van der Waals surface area (Å²) in [4.78, 5) is 23.5. The fourth-order valence-electron chi connectivity index (χ4n) is 2.23. The number of rotatable bonds is 6. The van der Waals surface area contributed by atoms with Gasteiger partial charge in [-0.15, -0.1) is 0 Å². The molecule has 5 heteroatoms. The van der Waals surface area contributed by atoms with Crippen molar-refractivity contribution in [1.29, 1.82) is 0 Å². The van der Waals surface area contributed by atoms with E-state index in [4.69, 9.17) is 4.74 Å². The van der Waals surface area contributed by atoms with Gasteiger partial charge in [0.2, 0.25) is 5.91 Å². The largest absolute Gasteiger partial charge is 0.496 e. The first-order valence-corrected chi connectivity index (χ1v) is 7.38. The zero-order valence-corrected chi connectivity index (χ0v) is 13.3. The first-order chi connectivity index (χ1) is 11.1. The van der Waals surface area contributed by atoms with Gasteiger partial charge in [0, 0.05) is 19.2 Å². The van der Waals surface area contributed by atoms with Crippen molar-refractivity contribution in [2.24, 2.45) is 0 Å². The molecule has 23 heavy (non-hydrogen) atoms. The van der Waals surface area contributed by atoms with Crippen molar-refractivity contribution in [3.8, 4) is 5.75 Å². The highest BCUT2D eigenvalue weighted by atomic mass is 16.5. The highest BCUT2D eigenvalue weighted by molar-refractivity contribution is 5.99. The molecule has 0 radical (unpaired) electrons. The average Bonchev–Trinajstić information content (AvgIpc) is 2.55. The molecule has 0 aromatic heterocycles. The minimum Gasteiger partial charge on any atom is -0.496 e. The Kier molecular flexibility index (Phi) is 5.74. The van der Waals surface area contributed by atoms with Gasteiger partial charge >= 0.3 is 0 Å². The minimum absolute atomic E-state index is 0.189. The van der Waals surface area contributed by atoms with Crippen molar-refractivity contribution >= 4 is 17.5 Å². The molecule has 0 aliphatic carbocycles. The van der Waals surface area contributed by atoms with Crippen LogP contribution in [0, 0.1) is 0 Å². The lowest BCUT2D eigenvalue weighted by Crippen LogP contribution is -2.26. The van der Waals surface area contributed by atoms with Crippen molar-refractivity contribution in [2.45, 2.75) is 13.3 Å². The fourth-order valence-corrected chi connectivity index (χ4v) is 2.23. The second kappa shape index (κ2) is 7.98. The summed E-state index contributed by atoms with van der Waals surface area (Å²) in [5, 5.41) is 5.53. The summed E-state index contributed by atoms with van der Waals surface area (Å²) >= 11 is 0. The molecule has 2 amide bonds. The van der Waals surface area contributed by atoms with E-state index in [0.717, 1.165) is 12.0 Å². The maximum atomic E-state index is 12.3. The van der Waals surface area contributed by atoms with Crippen LogP contribution in [0.5, 0.6) is 5.75 Å². The quantitative estimate of drug-likeness (QED) is 0.861. The Balaban J connectivity index is 2.03. The Hall–Kier alpha value is -2.82. The molecule has 0 bridgehead atoms. The average molecular weight is 312 g/mol. The predicted octanol–water partition coefficient (Wildman–Crippen LogP) is 2.63. The topological polar surface area (TPSA) is 67.4 Å². The number of carbonyl (C=O) groups is 2. The Morgan fingerprint density at radius 1 is 1.09 bits per heavy atom. The van der Waals surface area contributed by atoms with E-state index in [1.165, 1.54) is 14.0 Å². The number of ether oxygens (including phenoxy) is 1. The predicted molar refractivity (Wildman–Crippen MR) is 89.8 cm³/mol. The molecule has 0 saturated carbocycles. The third-order valence-electron chi connectivity index (χ3n) is 3.31. The van der Waals surface area contributed by atoms with Crippen LogP contribution in [0.3, 0.4) is 0 Å². The molecule has 0 fully saturated rings. The van der Waals surface area contributed by atoms with Crippen molar-refractivity contribution in [3.05, 3.63) is 59.7 Å². The summed E-state index contributed by atoms with van der Waals surface area (Å²) < 4.78 is 5.22. The van der Waals surface area contributed by atoms with Crippen LogP contribution in [0.4, 0.5) is 5.69 Å². The Bertz CT molecular complexity index is 684. The van der Waals surface area contributed by atoms with E-state index >= 15 is 0 Å². The Labute approximate surface area is 135 Å². The second-order valence-electron chi connectivity index (χ2n) is 5.09. The minimum atomic E-state index is -0.231. The molecule has 2 aromatic carbocycles. The first-order valence-electron chi connectivity index (χ1n) is 7.38. The van der Waals surface area contributed by atoms with E-state index in [2.05, 4.69) is 10.6 Å². The van der Waals surface area contributed by atoms with Crippen molar-refractivity contribution < 1.29 is 14.3 Å². The van der Waals surface area contributed by atoms with E-state index in [-0.39, 0.29) is 11.8 Å². The summed E-state index contributed by atoms with van der Waals surface area (Å²) in [6.07, 6.45) is 0.750. The van der Waals surface area contributed by atoms with E-state index in [1.54, 1.807) is 18.2 Å². The number of amides is 2. The Morgan fingerprint density at radius 2 is 1.83 bits per heavy atom. The lowest BCUT2D eigenvalue weighted by molar-refractivity contribution is -0.114.